The molecule has 1 aromatic carbocycles. The van der Waals surface area contributed by atoms with E-state index in [4.69, 9.17) is 5.73 Å². The van der Waals surface area contributed by atoms with Crippen LogP contribution < -0.4 is 5.73 Å². The standard InChI is InChI=1S/C14H19N5/c15-12-5-4-8-18(10-12)11-13-9-16-19(17-13)14-6-2-1-3-7-14/h1-3,6-7,9,12H,4-5,8,10-11,15H2. The summed E-state index contributed by atoms with van der Waals surface area (Å²) in [6.07, 6.45) is 4.15. The van der Waals surface area contributed by atoms with Crippen molar-refractivity contribution in [3.05, 3.63) is 42.2 Å². The Hall–Kier alpha value is -1.72. The summed E-state index contributed by atoms with van der Waals surface area (Å²) in [5.41, 5.74) is 7.98. The molecule has 1 aromatic heterocycles. The third-order valence-corrected chi connectivity index (χ3v) is 3.45. The van der Waals surface area contributed by atoms with Crippen LogP contribution in [-0.2, 0) is 6.54 Å². The van der Waals surface area contributed by atoms with E-state index in [1.54, 1.807) is 4.80 Å². The zero-order valence-corrected chi connectivity index (χ0v) is 10.9. The quantitative estimate of drug-likeness (QED) is 0.897. The van der Waals surface area contributed by atoms with E-state index in [0.717, 1.165) is 37.4 Å². The first-order chi connectivity index (χ1) is 9.31. The Morgan fingerprint density at radius 1 is 1.26 bits per heavy atom. The van der Waals surface area contributed by atoms with Gasteiger partial charge in [0.1, 0.15) is 0 Å². The highest BCUT2D eigenvalue weighted by atomic mass is 15.5. The minimum absolute atomic E-state index is 0.304. The van der Waals surface area contributed by atoms with Crippen LogP contribution in [0.2, 0.25) is 0 Å². The third kappa shape index (κ3) is 3.00. The molecule has 3 rings (SSSR count). The third-order valence-electron chi connectivity index (χ3n) is 3.45. The van der Waals surface area contributed by atoms with E-state index >= 15 is 0 Å². The molecule has 1 aliphatic rings. The summed E-state index contributed by atoms with van der Waals surface area (Å²) in [5.74, 6) is 0. The Labute approximate surface area is 113 Å². The maximum atomic E-state index is 5.99. The fraction of sp³-hybridized carbons (Fsp3) is 0.429. The second-order valence-corrected chi connectivity index (χ2v) is 5.10. The average Bonchev–Trinajstić information content (AvgIpc) is 2.88. The van der Waals surface area contributed by atoms with E-state index < -0.39 is 0 Å². The molecule has 2 N–H and O–H groups in total. The molecule has 0 spiro atoms. The van der Waals surface area contributed by atoms with Gasteiger partial charge in [-0.15, -0.1) is 0 Å². The van der Waals surface area contributed by atoms with Gasteiger partial charge in [0.25, 0.3) is 0 Å². The highest BCUT2D eigenvalue weighted by Gasteiger charge is 2.17. The Morgan fingerprint density at radius 3 is 2.89 bits per heavy atom. The molecule has 0 aliphatic carbocycles. The van der Waals surface area contributed by atoms with Crippen LogP contribution in [0.25, 0.3) is 5.69 Å². The minimum Gasteiger partial charge on any atom is -0.327 e. The number of rotatable bonds is 3. The van der Waals surface area contributed by atoms with Crippen LogP contribution >= 0.6 is 0 Å². The lowest BCUT2D eigenvalue weighted by Gasteiger charge is -2.29. The van der Waals surface area contributed by atoms with Crippen LogP contribution in [-0.4, -0.2) is 39.0 Å². The van der Waals surface area contributed by atoms with Gasteiger partial charge in [0, 0.05) is 19.1 Å². The first kappa shape index (κ1) is 12.3. The second kappa shape index (κ2) is 5.50. The second-order valence-electron chi connectivity index (χ2n) is 5.10. The summed E-state index contributed by atoms with van der Waals surface area (Å²) in [7, 11) is 0. The van der Waals surface area contributed by atoms with Gasteiger partial charge in [-0.2, -0.15) is 15.0 Å². The van der Waals surface area contributed by atoms with Crippen LogP contribution in [0.15, 0.2) is 36.5 Å². The van der Waals surface area contributed by atoms with Crippen molar-refractivity contribution in [2.45, 2.75) is 25.4 Å². The molecule has 0 saturated carbocycles. The van der Waals surface area contributed by atoms with Gasteiger partial charge in [-0.25, -0.2) is 0 Å². The highest BCUT2D eigenvalue weighted by Crippen LogP contribution is 2.11. The average molecular weight is 257 g/mol. The van der Waals surface area contributed by atoms with Crippen LogP contribution in [0.1, 0.15) is 18.5 Å². The first-order valence-electron chi connectivity index (χ1n) is 6.76. The molecule has 0 amide bonds. The molecular formula is C14H19N5. The molecule has 1 saturated heterocycles. The summed E-state index contributed by atoms with van der Waals surface area (Å²) in [6, 6.07) is 10.3. The maximum Gasteiger partial charge on any atom is 0.0971 e. The summed E-state index contributed by atoms with van der Waals surface area (Å²) in [6.45, 7) is 2.89. The maximum absolute atomic E-state index is 5.99. The highest BCUT2D eigenvalue weighted by molar-refractivity contribution is 5.28. The Kier molecular flexibility index (Phi) is 3.57. The molecule has 5 heteroatoms. The number of benzene rings is 1. The predicted octanol–water partition coefficient (Wildman–Crippen LogP) is 1.19. The van der Waals surface area contributed by atoms with Gasteiger partial charge < -0.3 is 5.73 Å². The van der Waals surface area contributed by atoms with Crippen molar-refractivity contribution in [1.82, 2.24) is 19.9 Å². The molecule has 1 unspecified atom stereocenters. The largest absolute Gasteiger partial charge is 0.327 e. The normalized spacial score (nSPS) is 20.6. The Morgan fingerprint density at radius 2 is 2.11 bits per heavy atom. The SMILES string of the molecule is NC1CCCN(Cc2cnn(-c3ccccc3)n2)C1. The molecule has 0 radical (unpaired) electrons. The lowest BCUT2D eigenvalue weighted by Crippen LogP contribution is -2.42. The number of nitrogens with zero attached hydrogens (tertiary/aromatic N) is 4. The van der Waals surface area contributed by atoms with Crippen LogP contribution in [0.5, 0.6) is 0 Å². The molecular weight excluding hydrogens is 238 g/mol. The van der Waals surface area contributed by atoms with Crippen molar-refractivity contribution in [3.63, 3.8) is 0 Å². The smallest absolute Gasteiger partial charge is 0.0971 e. The molecule has 19 heavy (non-hydrogen) atoms. The van der Waals surface area contributed by atoms with E-state index in [1.165, 1.54) is 6.42 Å². The zero-order valence-electron chi connectivity index (χ0n) is 10.9. The Bertz CT molecular complexity index is 522. The number of nitrogens with two attached hydrogens (primary N) is 1. The number of likely N-dealkylation sites (tertiary alicyclic amines) is 1. The van der Waals surface area contributed by atoms with Crippen molar-refractivity contribution in [3.8, 4) is 5.69 Å². The molecule has 5 nitrogen and oxygen atoms in total. The summed E-state index contributed by atoms with van der Waals surface area (Å²) in [5, 5.41) is 8.84. The summed E-state index contributed by atoms with van der Waals surface area (Å²) in [4.78, 5) is 4.03. The van der Waals surface area contributed by atoms with Gasteiger partial charge in [-0.05, 0) is 31.5 Å². The Balaban J connectivity index is 1.68. The van der Waals surface area contributed by atoms with E-state index in [-0.39, 0.29) is 0 Å². The number of piperidine rings is 1. The molecule has 100 valence electrons. The van der Waals surface area contributed by atoms with Gasteiger partial charge in [0.05, 0.1) is 17.6 Å². The monoisotopic (exact) mass is 257 g/mol. The van der Waals surface area contributed by atoms with Gasteiger partial charge in [0.15, 0.2) is 0 Å². The summed E-state index contributed by atoms with van der Waals surface area (Å²) >= 11 is 0. The van der Waals surface area contributed by atoms with E-state index in [0.29, 0.717) is 6.04 Å². The summed E-state index contributed by atoms with van der Waals surface area (Å²) < 4.78 is 0. The fourth-order valence-corrected chi connectivity index (χ4v) is 2.52. The molecule has 1 fully saturated rings. The van der Waals surface area contributed by atoms with Gasteiger partial charge in [-0.1, -0.05) is 18.2 Å². The van der Waals surface area contributed by atoms with E-state index in [1.807, 2.05) is 36.5 Å². The van der Waals surface area contributed by atoms with Gasteiger partial charge in [0.2, 0.25) is 0 Å². The van der Waals surface area contributed by atoms with Crippen LogP contribution in [0, 0.1) is 0 Å². The molecule has 2 aromatic rings. The number of hydrogen-bond acceptors (Lipinski definition) is 4. The lowest BCUT2D eigenvalue weighted by atomic mass is 10.1. The molecule has 2 heterocycles. The number of hydrogen-bond donors (Lipinski definition) is 1. The van der Waals surface area contributed by atoms with Crippen molar-refractivity contribution in [2.24, 2.45) is 5.73 Å². The number of aromatic nitrogens is 3. The van der Waals surface area contributed by atoms with Crippen molar-refractivity contribution in [1.29, 1.82) is 0 Å². The lowest BCUT2D eigenvalue weighted by molar-refractivity contribution is 0.199. The molecule has 1 aliphatic heterocycles. The minimum atomic E-state index is 0.304. The van der Waals surface area contributed by atoms with Crippen molar-refractivity contribution >= 4 is 0 Å². The first-order valence-corrected chi connectivity index (χ1v) is 6.76. The molecule has 1 atom stereocenters. The van der Waals surface area contributed by atoms with Crippen molar-refractivity contribution in [2.75, 3.05) is 13.1 Å². The van der Waals surface area contributed by atoms with Gasteiger partial charge >= 0.3 is 0 Å². The zero-order chi connectivity index (χ0) is 13.1. The fourth-order valence-electron chi connectivity index (χ4n) is 2.52. The number of para-hydroxylation sites is 1. The van der Waals surface area contributed by atoms with E-state index in [2.05, 4.69) is 15.1 Å². The van der Waals surface area contributed by atoms with Crippen LogP contribution in [0.4, 0.5) is 0 Å². The topological polar surface area (TPSA) is 60.0 Å². The van der Waals surface area contributed by atoms with Gasteiger partial charge in [-0.3, -0.25) is 4.90 Å². The molecule has 0 bridgehead atoms. The van der Waals surface area contributed by atoms with Crippen LogP contribution in [0.3, 0.4) is 0 Å². The van der Waals surface area contributed by atoms with E-state index in [9.17, 15) is 0 Å². The predicted molar refractivity (Wildman–Crippen MR) is 73.8 cm³/mol. The van der Waals surface area contributed by atoms with Crippen molar-refractivity contribution < 1.29 is 0 Å².